The molecule has 1 fully saturated rings. The molecule has 2 aromatic carbocycles. The number of carbonyl (C=O) groups is 2. The Morgan fingerprint density at radius 2 is 1.88 bits per heavy atom. The zero-order valence-corrected chi connectivity index (χ0v) is 18.2. The molecule has 5 rings (SSSR count). The van der Waals surface area contributed by atoms with E-state index in [1.165, 1.54) is 0 Å². The first-order chi connectivity index (χ1) is 16.1. The predicted octanol–water partition coefficient (Wildman–Crippen LogP) is 4.10. The van der Waals surface area contributed by atoms with Crippen molar-refractivity contribution in [2.24, 2.45) is 0 Å². The second kappa shape index (κ2) is 9.11. The Labute approximate surface area is 191 Å². The summed E-state index contributed by atoms with van der Waals surface area (Å²) in [6, 6.07) is 16.4. The lowest BCUT2D eigenvalue weighted by molar-refractivity contribution is 0.0880. The van der Waals surface area contributed by atoms with Gasteiger partial charge in [0.2, 0.25) is 0 Å². The minimum Gasteiger partial charge on any atom is -0.380 e. The average Bonchev–Trinajstić information content (AvgIpc) is 3.13. The first-order valence-corrected chi connectivity index (χ1v) is 11.2. The van der Waals surface area contributed by atoms with Gasteiger partial charge in [0, 0.05) is 42.1 Å². The molecule has 168 valence electrons. The number of pyridine rings is 1. The zero-order chi connectivity index (χ0) is 22.8. The Bertz CT molecular complexity index is 1190. The molecule has 2 N–H and O–H groups in total. The third kappa shape index (κ3) is 4.50. The molecule has 7 heteroatoms. The Morgan fingerprint density at radius 3 is 2.64 bits per heavy atom. The Hall–Kier alpha value is -3.58. The van der Waals surface area contributed by atoms with Gasteiger partial charge in [-0.25, -0.2) is 4.39 Å². The number of hydrogen-bond acceptors (Lipinski definition) is 5. The van der Waals surface area contributed by atoms with Crippen LogP contribution in [0.2, 0.25) is 0 Å². The molecule has 0 bridgehead atoms. The van der Waals surface area contributed by atoms with Crippen molar-refractivity contribution in [1.82, 2.24) is 15.2 Å². The maximum absolute atomic E-state index is 14.8. The number of likely N-dealkylation sites (tertiary alicyclic amines) is 1. The number of carbonyl (C=O) groups excluding carboxylic acids is 2. The molecule has 2 aliphatic heterocycles. The van der Waals surface area contributed by atoms with Crippen molar-refractivity contribution >= 4 is 17.5 Å². The topological polar surface area (TPSA) is 74.3 Å². The average molecular weight is 445 g/mol. The summed E-state index contributed by atoms with van der Waals surface area (Å²) in [6.45, 7) is 2.87. The molecule has 0 spiro atoms. The Morgan fingerprint density at radius 1 is 1.03 bits per heavy atom. The van der Waals surface area contributed by atoms with Gasteiger partial charge in [-0.1, -0.05) is 24.3 Å². The maximum Gasteiger partial charge on any atom is 0.261 e. The number of piperidine rings is 1. The summed E-state index contributed by atoms with van der Waals surface area (Å²) in [5, 5.41) is 5.40. The van der Waals surface area contributed by atoms with Crippen LogP contribution in [0.25, 0.3) is 0 Å². The van der Waals surface area contributed by atoms with Gasteiger partial charge in [0.1, 0.15) is 5.82 Å². The van der Waals surface area contributed by atoms with E-state index in [0.29, 0.717) is 34.8 Å². The van der Waals surface area contributed by atoms with Crippen molar-refractivity contribution in [3.63, 3.8) is 0 Å². The summed E-state index contributed by atoms with van der Waals surface area (Å²) in [4.78, 5) is 30.7. The number of rotatable bonds is 6. The van der Waals surface area contributed by atoms with E-state index in [4.69, 9.17) is 0 Å². The smallest absolute Gasteiger partial charge is 0.261 e. The molecule has 6 nitrogen and oxygen atoms in total. The SMILES string of the molecule is O=C1NC(=O)c2c(NCc3ccc(CN4CCC(c5ccccn5)CC4)cc3F)cccc21. The molecular formula is C26H25FN4O2. The largest absolute Gasteiger partial charge is 0.380 e. The van der Waals surface area contributed by atoms with Crippen molar-refractivity contribution in [3.8, 4) is 0 Å². The van der Waals surface area contributed by atoms with E-state index in [-0.39, 0.29) is 12.4 Å². The highest BCUT2D eigenvalue weighted by molar-refractivity contribution is 6.23. The number of halogens is 1. The van der Waals surface area contributed by atoms with Crippen molar-refractivity contribution in [3.05, 3.63) is 94.6 Å². The molecule has 1 aromatic heterocycles. The highest BCUT2D eigenvalue weighted by atomic mass is 19.1. The first kappa shape index (κ1) is 21.3. The number of nitrogens with one attached hydrogen (secondary N) is 2. The fourth-order valence-electron chi connectivity index (χ4n) is 4.65. The van der Waals surface area contributed by atoms with Gasteiger partial charge in [0.05, 0.1) is 11.1 Å². The van der Waals surface area contributed by atoms with E-state index < -0.39 is 11.8 Å². The van der Waals surface area contributed by atoms with Crippen LogP contribution in [-0.4, -0.2) is 34.8 Å². The molecule has 1 saturated heterocycles. The number of nitrogens with zero attached hydrogens (tertiary/aromatic N) is 2. The standard InChI is InChI=1S/C26H25FN4O2/c27-21-14-17(16-31-12-9-18(10-13-31)22-5-1-2-11-28-22)7-8-19(21)15-29-23-6-3-4-20-24(23)26(33)30-25(20)32/h1-8,11,14,18,29H,9-10,12-13,15-16H2,(H,30,32,33). The Balaban J connectivity index is 1.19. The third-order valence-corrected chi connectivity index (χ3v) is 6.45. The van der Waals surface area contributed by atoms with Gasteiger partial charge < -0.3 is 5.32 Å². The van der Waals surface area contributed by atoms with Gasteiger partial charge in [-0.2, -0.15) is 0 Å². The molecular weight excluding hydrogens is 419 g/mol. The summed E-state index contributed by atoms with van der Waals surface area (Å²) < 4.78 is 14.8. The fourth-order valence-corrected chi connectivity index (χ4v) is 4.65. The Kier molecular flexibility index (Phi) is 5.88. The van der Waals surface area contributed by atoms with Gasteiger partial charge in [-0.05, 0) is 61.8 Å². The van der Waals surface area contributed by atoms with Crippen molar-refractivity contribution in [2.75, 3.05) is 18.4 Å². The van der Waals surface area contributed by atoms with Gasteiger partial charge in [0.25, 0.3) is 11.8 Å². The van der Waals surface area contributed by atoms with E-state index in [0.717, 1.165) is 37.2 Å². The van der Waals surface area contributed by atoms with E-state index in [2.05, 4.69) is 26.6 Å². The number of hydrogen-bond donors (Lipinski definition) is 2. The van der Waals surface area contributed by atoms with Gasteiger partial charge >= 0.3 is 0 Å². The number of anilines is 1. The van der Waals surface area contributed by atoms with Crippen LogP contribution in [0.4, 0.5) is 10.1 Å². The van der Waals surface area contributed by atoms with Crippen molar-refractivity contribution in [1.29, 1.82) is 0 Å². The molecule has 0 radical (unpaired) electrons. The number of benzene rings is 2. The molecule has 0 aliphatic carbocycles. The molecule has 2 amide bonds. The van der Waals surface area contributed by atoms with Gasteiger partial charge in [0.15, 0.2) is 0 Å². The summed E-state index contributed by atoms with van der Waals surface area (Å²) in [7, 11) is 0. The quantitative estimate of drug-likeness (QED) is 0.560. The zero-order valence-electron chi connectivity index (χ0n) is 18.2. The summed E-state index contributed by atoms with van der Waals surface area (Å²) in [6.07, 6.45) is 3.96. The minimum atomic E-state index is -0.430. The summed E-state index contributed by atoms with van der Waals surface area (Å²) in [5.41, 5.74) is 3.79. The lowest BCUT2D eigenvalue weighted by Crippen LogP contribution is -2.32. The normalized spacial score (nSPS) is 16.5. The van der Waals surface area contributed by atoms with Crippen LogP contribution >= 0.6 is 0 Å². The molecule has 3 aromatic rings. The first-order valence-electron chi connectivity index (χ1n) is 11.2. The number of imide groups is 1. The van der Waals surface area contributed by atoms with Crippen LogP contribution in [-0.2, 0) is 13.1 Å². The summed E-state index contributed by atoms with van der Waals surface area (Å²) >= 11 is 0. The van der Waals surface area contributed by atoms with E-state index in [1.807, 2.05) is 24.4 Å². The van der Waals surface area contributed by atoms with Crippen LogP contribution in [0.1, 0.15) is 56.3 Å². The van der Waals surface area contributed by atoms with Crippen molar-refractivity contribution < 1.29 is 14.0 Å². The van der Waals surface area contributed by atoms with Gasteiger partial charge in [-0.3, -0.25) is 24.8 Å². The van der Waals surface area contributed by atoms with Crippen LogP contribution in [0, 0.1) is 5.82 Å². The lowest BCUT2D eigenvalue weighted by atomic mass is 9.93. The second-order valence-corrected chi connectivity index (χ2v) is 8.60. The minimum absolute atomic E-state index is 0.222. The maximum atomic E-state index is 14.8. The number of fused-ring (bicyclic) bond motifs is 1. The monoisotopic (exact) mass is 444 g/mol. The van der Waals surface area contributed by atoms with E-state index in [9.17, 15) is 14.0 Å². The predicted molar refractivity (Wildman–Crippen MR) is 123 cm³/mol. The highest BCUT2D eigenvalue weighted by Crippen LogP contribution is 2.28. The fraction of sp³-hybridized carbons (Fsp3) is 0.269. The van der Waals surface area contributed by atoms with Crippen LogP contribution in [0.3, 0.4) is 0 Å². The summed E-state index contributed by atoms with van der Waals surface area (Å²) in [5.74, 6) is -0.625. The highest BCUT2D eigenvalue weighted by Gasteiger charge is 2.29. The van der Waals surface area contributed by atoms with E-state index >= 15 is 0 Å². The third-order valence-electron chi connectivity index (χ3n) is 6.45. The lowest BCUT2D eigenvalue weighted by Gasteiger charge is -2.31. The van der Waals surface area contributed by atoms with Crippen LogP contribution in [0.5, 0.6) is 0 Å². The molecule has 0 saturated carbocycles. The van der Waals surface area contributed by atoms with Crippen LogP contribution in [0.15, 0.2) is 60.8 Å². The number of amides is 2. The molecule has 0 unspecified atom stereocenters. The molecule has 0 atom stereocenters. The molecule has 2 aliphatic rings. The van der Waals surface area contributed by atoms with Gasteiger partial charge in [-0.15, -0.1) is 0 Å². The number of aromatic nitrogens is 1. The second-order valence-electron chi connectivity index (χ2n) is 8.60. The van der Waals surface area contributed by atoms with Crippen LogP contribution < -0.4 is 10.6 Å². The molecule has 3 heterocycles. The molecule has 33 heavy (non-hydrogen) atoms. The van der Waals surface area contributed by atoms with Crippen molar-refractivity contribution in [2.45, 2.75) is 31.8 Å². The van der Waals surface area contributed by atoms with E-state index in [1.54, 1.807) is 30.3 Å².